The number of nitrogens with zero attached hydrogens (tertiary/aromatic N) is 5. The van der Waals surface area contributed by atoms with Crippen molar-refractivity contribution in [3.8, 4) is 0 Å². The van der Waals surface area contributed by atoms with Gasteiger partial charge < -0.3 is 15.4 Å². The van der Waals surface area contributed by atoms with Crippen LogP contribution in [0.1, 0.15) is 33.2 Å². The number of carbonyl (C=O) groups excluding carboxylic acids is 1. The molecule has 1 aliphatic carbocycles. The summed E-state index contributed by atoms with van der Waals surface area (Å²) < 4.78 is 7.79. The molecule has 4 heterocycles. The molecule has 0 spiro atoms. The minimum Gasteiger partial charge on any atom is -0.383 e. The first-order valence-corrected chi connectivity index (χ1v) is 10.4. The molecular formula is C23H22N6O2. The second kappa shape index (κ2) is 6.49. The Bertz CT molecular complexity index is 1380. The van der Waals surface area contributed by atoms with Gasteiger partial charge in [0.1, 0.15) is 11.5 Å². The van der Waals surface area contributed by atoms with Crippen LogP contribution in [0.4, 0.5) is 5.82 Å². The maximum absolute atomic E-state index is 13.6. The largest absolute Gasteiger partial charge is 0.383 e. The fourth-order valence-corrected chi connectivity index (χ4v) is 5.04. The third-order valence-corrected chi connectivity index (χ3v) is 6.46. The Labute approximate surface area is 178 Å². The Morgan fingerprint density at radius 1 is 1.23 bits per heavy atom. The molecule has 0 bridgehead atoms. The molecule has 1 amide bonds. The molecule has 8 heteroatoms. The predicted molar refractivity (Wildman–Crippen MR) is 117 cm³/mol. The van der Waals surface area contributed by atoms with Gasteiger partial charge in [0.25, 0.3) is 5.91 Å². The first kappa shape index (κ1) is 18.3. The van der Waals surface area contributed by atoms with E-state index < -0.39 is 0 Å². The molecule has 2 aliphatic rings. The van der Waals surface area contributed by atoms with E-state index in [9.17, 15) is 4.79 Å². The van der Waals surface area contributed by atoms with Crippen LogP contribution >= 0.6 is 0 Å². The number of morpholine rings is 1. The molecule has 1 aliphatic heterocycles. The molecule has 6 rings (SSSR count). The van der Waals surface area contributed by atoms with E-state index in [1.54, 1.807) is 17.1 Å². The van der Waals surface area contributed by atoms with Gasteiger partial charge >= 0.3 is 0 Å². The quantitative estimate of drug-likeness (QED) is 0.514. The summed E-state index contributed by atoms with van der Waals surface area (Å²) in [5.41, 5.74) is 11.6. The lowest BCUT2D eigenvalue weighted by molar-refractivity contribution is -0.0517. The first-order valence-electron chi connectivity index (χ1n) is 10.4. The summed E-state index contributed by atoms with van der Waals surface area (Å²) >= 11 is 0. The Kier molecular flexibility index (Phi) is 3.82. The zero-order valence-electron chi connectivity index (χ0n) is 17.4. The lowest BCUT2D eigenvalue weighted by Gasteiger charge is -2.38. The molecule has 8 nitrogen and oxygen atoms in total. The first-order chi connectivity index (χ1) is 15.0. The third kappa shape index (κ3) is 2.64. The Morgan fingerprint density at radius 2 is 2.10 bits per heavy atom. The Hall–Kier alpha value is -3.52. The van der Waals surface area contributed by atoms with Gasteiger partial charge in [-0.3, -0.25) is 9.48 Å². The molecule has 1 aromatic carbocycles. The molecular weight excluding hydrogens is 392 g/mol. The highest BCUT2D eigenvalue weighted by Crippen LogP contribution is 2.41. The van der Waals surface area contributed by atoms with Gasteiger partial charge in [-0.2, -0.15) is 5.10 Å². The number of aromatic nitrogens is 4. The van der Waals surface area contributed by atoms with Crippen molar-refractivity contribution >= 4 is 33.5 Å². The fourth-order valence-electron chi connectivity index (χ4n) is 5.04. The molecule has 1 saturated heterocycles. The number of carbonyl (C=O) groups is 1. The minimum atomic E-state index is -0.0965. The van der Waals surface area contributed by atoms with Crippen LogP contribution in [0.2, 0.25) is 0 Å². The van der Waals surface area contributed by atoms with Gasteiger partial charge in [0.15, 0.2) is 0 Å². The smallest absolute Gasteiger partial charge is 0.273 e. The summed E-state index contributed by atoms with van der Waals surface area (Å²) in [5, 5.41) is 5.90. The summed E-state index contributed by atoms with van der Waals surface area (Å²) in [6, 6.07) is 8.15. The fraction of sp³-hybridized carbons (Fsp3) is 0.304. The maximum atomic E-state index is 13.6. The van der Waals surface area contributed by atoms with Crippen molar-refractivity contribution in [2.24, 2.45) is 7.05 Å². The Morgan fingerprint density at radius 3 is 2.97 bits per heavy atom. The van der Waals surface area contributed by atoms with E-state index in [1.807, 2.05) is 18.0 Å². The average molecular weight is 414 g/mol. The molecule has 3 aromatic heterocycles. The van der Waals surface area contributed by atoms with Crippen LogP contribution < -0.4 is 5.73 Å². The van der Waals surface area contributed by atoms with Crippen LogP contribution in [0, 0.1) is 6.92 Å². The minimum absolute atomic E-state index is 0.0137. The molecule has 2 atom stereocenters. The monoisotopic (exact) mass is 414 g/mol. The van der Waals surface area contributed by atoms with Gasteiger partial charge in [0.05, 0.1) is 47.6 Å². The van der Waals surface area contributed by atoms with Crippen molar-refractivity contribution in [2.75, 3.05) is 18.9 Å². The van der Waals surface area contributed by atoms with E-state index in [1.165, 1.54) is 16.7 Å². The summed E-state index contributed by atoms with van der Waals surface area (Å²) in [7, 11) is 1.85. The topological polar surface area (TPSA) is 99.2 Å². The third-order valence-electron chi connectivity index (χ3n) is 6.46. The summed E-state index contributed by atoms with van der Waals surface area (Å²) in [6.45, 7) is 3.15. The highest BCUT2D eigenvalue weighted by Gasteiger charge is 2.42. The van der Waals surface area contributed by atoms with Gasteiger partial charge in [-0.1, -0.05) is 23.8 Å². The van der Waals surface area contributed by atoms with Crippen molar-refractivity contribution in [3.63, 3.8) is 0 Å². The number of fused-ring (bicyclic) bond motifs is 6. The number of hydrogen-bond acceptors (Lipinski definition) is 6. The SMILES string of the molecule is Cc1ccc2c(c1)CC1OCCN(C(=O)c3cc4c(cn3)nc(N)c3cnn(C)c34)C21. The summed E-state index contributed by atoms with van der Waals surface area (Å²) in [4.78, 5) is 24.4. The summed E-state index contributed by atoms with van der Waals surface area (Å²) in [6.07, 6.45) is 4.13. The van der Waals surface area contributed by atoms with E-state index in [0.29, 0.717) is 30.2 Å². The van der Waals surface area contributed by atoms with Gasteiger partial charge in [-0.05, 0) is 24.1 Å². The van der Waals surface area contributed by atoms with Crippen LogP contribution in [0.3, 0.4) is 0 Å². The second-order valence-corrected chi connectivity index (χ2v) is 8.37. The maximum Gasteiger partial charge on any atom is 0.273 e. The molecule has 4 aromatic rings. The van der Waals surface area contributed by atoms with E-state index in [2.05, 4.69) is 40.2 Å². The molecule has 156 valence electrons. The van der Waals surface area contributed by atoms with E-state index >= 15 is 0 Å². The van der Waals surface area contributed by atoms with E-state index in [0.717, 1.165) is 22.7 Å². The zero-order valence-corrected chi connectivity index (χ0v) is 17.4. The van der Waals surface area contributed by atoms with Gasteiger partial charge in [-0.15, -0.1) is 0 Å². The number of nitrogen functional groups attached to an aromatic ring is 1. The highest BCUT2D eigenvalue weighted by atomic mass is 16.5. The number of hydrogen-bond donors (Lipinski definition) is 1. The van der Waals surface area contributed by atoms with Crippen molar-refractivity contribution in [1.82, 2.24) is 24.6 Å². The normalized spacial score (nSPS) is 20.3. The lowest BCUT2D eigenvalue weighted by atomic mass is 10.0. The number of amides is 1. The van der Waals surface area contributed by atoms with Crippen molar-refractivity contribution < 1.29 is 9.53 Å². The molecule has 2 N–H and O–H groups in total. The predicted octanol–water partition coefficient (Wildman–Crippen LogP) is 2.55. The van der Waals surface area contributed by atoms with Crippen molar-refractivity contribution in [2.45, 2.75) is 25.5 Å². The molecule has 0 radical (unpaired) electrons. The van der Waals surface area contributed by atoms with E-state index in [4.69, 9.17) is 10.5 Å². The number of aryl methyl sites for hydroxylation is 2. The van der Waals surface area contributed by atoms with Gasteiger partial charge in [-0.25, -0.2) is 9.97 Å². The van der Waals surface area contributed by atoms with Gasteiger partial charge in [0, 0.05) is 25.4 Å². The molecule has 2 unspecified atom stereocenters. The van der Waals surface area contributed by atoms with Crippen LogP contribution in [0.25, 0.3) is 21.8 Å². The summed E-state index contributed by atoms with van der Waals surface area (Å²) in [5.74, 6) is 0.311. The number of pyridine rings is 2. The number of anilines is 1. The standard InChI is InChI=1S/C23H22N6O2/c1-12-3-4-14-13(7-12)8-19-21(14)29(5-6-31-19)23(30)17-9-15-18(11-25-17)27-22(24)16-10-26-28(2)20(15)16/h3-4,7,9-11,19,21H,5-6,8H2,1-2H3,(H2,24,27). The van der Waals surface area contributed by atoms with Crippen molar-refractivity contribution in [1.29, 1.82) is 0 Å². The van der Waals surface area contributed by atoms with Crippen LogP contribution in [0.15, 0.2) is 36.7 Å². The molecule has 0 saturated carbocycles. The zero-order chi connectivity index (χ0) is 21.3. The van der Waals surface area contributed by atoms with Crippen LogP contribution in [0.5, 0.6) is 0 Å². The van der Waals surface area contributed by atoms with Crippen LogP contribution in [-0.4, -0.2) is 49.8 Å². The second-order valence-electron chi connectivity index (χ2n) is 8.37. The molecule has 31 heavy (non-hydrogen) atoms. The number of benzene rings is 1. The van der Waals surface area contributed by atoms with Crippen molar-refractivity contribution in [3.05, 3.63) is 59.0 Å². The Balaban J connectivity index is 1.45. The van der Waals surface area contributed by atoms with Crippen LogP contribution in [-0.2, 0) is 18.2 Å². The number of nitrogens with two attached hydrogens (primary N) is 1. The number of ether oxygens (including phenoxy) is 1. The van der Waals surface area contributed by atoms with E-state index in [-0.39, 0.29) is 18.1 Å². The highest BCUT2D eigenvalue weighted by molar-refractivity contribution is 6.09. The lowest BCUT2D eigenvalue weighted by Crippen LogP contribution is -2.46. The number of rotatable bonds is 1. The molecule has 1 fully saturated rings. The average Bonchev–Trinajstić information content (AvgIpc) is 3.33. The van der Waals surface area contributed by atoms with Gasteiger partial charge in [0.2, 0.25) is 0 Å².